The maximum atomic E-state index is 6.32. The summed E-state index contributed by atoms with van der Waals surface area (Å²) < 4.78 is 0. The summed E-state index contributed by atoms with van der Waals surface area (Å²) >= 11 is 6.32. The lowest BCUT2D eigenvalue weighted by atomic mass is 10.0. The Balaban J connectivity index is 1.81. The predicted octanol–water partition coefficient (Wildman–Crippen LogP) is 3.12. The van der Waals surface area contributed by atoms with Crippen molar-refractivity contribution in [3.05, 3.63) is 59.1 Å². The van der Waals surface area contributed by atoms with Gasteiger partial charge >= 0.3 is 0 Å². The summed E-state index contributed by atoms with van der Waals surface area (Å²) in [6.45, 7) is 3.90. The van der Waals surface area contributed by atoms with E-state index in [4.69, 9.17) is 27.9 Å². The minimum atomic E-state index is -0.751. The van der Waals surface area contributed by atoms with Crippen LogP contribution in [-0.4, -0.2) is 22.6 Å². The molecule has 0 atom stereocenters. The largest absolute Gasteiger partial charge is 0.368 e. The molecule has 130 valence electrons. The van der Waals surface area contributed by atoms with E-state index < -0.39 is 5.66 Å². The van der Waals surface area contributed by atoms with Gasteiger partial charge in [-0.15, -0.1) is 0 Å². The molecule has 0 aromatic heterocycles. The minimum Gasteiger partial charge on any atom is -0.368 e. The first kappa shape index (κ1) is 17.3. The molecule has 0 unspecified atom stereocenters. The molecular weight excluding hydrogens is 338 g/mol. The van der Waals surface area contributed by atoms with Crippen molar-refractivity contribution < 1.29 is 4.84 Å². The molecule has 0 radical (unpaired) electrons. The molecule has 0 fully saturated rings. The van der Waals surface area contributed by atoms with Crippen molar-refractivity contribution >= 4 is 23.5 Å². The van der Waals surface area contributed by atoms with Crippen molar-refractivity contribution in [2.24, 2.45) is 21.5 Å². The third kappa shape index (κ3) is 3.75. The first-order valence-electron chi connectivity index (χ1n) is 7.83. The highest BCUT2D eigenvalue weighted by Gasteiger charge is 2.33. The lowest BCUT2D eigenvalue weighted by molar-refractivity contribution is -0.166. The number of benzene rings is 2. The zero-order valence-electron chi connectivity index (χ0n) is 14.1. The van der Waals surface area contributed by atoms with Gasteiger partial charge in [0.15, 0.2) is 5.66 Å². The lowest BCUT2D eigenvalue weighted by Gasteiger charge is -2.36. The molecule has 25 heavy (non-hydrogen) atoms. The maximum absolute atomic E-state index is 6.32. The summed E-state index contributed by atoms with van der Waals surface area (Å²) in [5.41, 5.74) is 13.8. The highest BCUT2D eigenvalue weighted by atomic mass is 35.5. The number of aliphatic imine (C=N–C) groups is 2. The first-order chi connectivity index (χ1) is 11.9. The molecule has 3 rings (SSSR count). The van der Waals surface area contributed by atoms with Crippen LogP contribution in [0.3, 0.4) is 0 Å². The summed E-state index contributed by atoms with van der Waals surface area (Å²) in [5.74, 6) is 0.291. The van der Waals surface area contributed by atoms with Crippen molar-refractivity contribution in [2.45, 2.75) is 26.1 Å². The maximum Gasteiger partial charge on any atom is 0.226 e. The summed E-state index contributed by atoms with van der Waals surface area (Å²) in [4.78, 5) is 14.0. The monoisotopic (exact) mass is 357 g/mol. The fourth-order valence-corrected chi connectivity index (χ4v) is 2.82. The molecule has 2 aromatic rings. The SMILES string of the molecule is CC1(C)N=C(N)N=C(N)N1OCc1cc(-c2ccccc2)ccc1Cl. The van der Waals surface area contributed by atoms with Crippen molar-refractivity contribution in [1.82, 2.24) is 5.06 Å². The van der Waals surface area contributed by atoms with Gasteiger partial charge in [-0.1, -0.05) is 48.0 Å². The Bertz CT molecular complexity index is 833. The summed E-state index contributed by atoms with van der Waals surface area (Å²) in [5, 5.41) is 2.06. The van der Waals surface area contributed by atoms with Gasteiger partial charge in [-0.3, -0.25) is 4.84 Å². The molecule has 6 nitrogen and oxygen atoms in total. The predicted molar refractivity (Wildman–Crippen MR) is 101 cm³/mol. The number of nitrogens with zero attached hydrogens (tertiary/aromatic N) is 3. The van der Waals surface area contributed by atoms with Crippen molar-refractivity contribution in [1.29, 1.82) is 0 Å². The van der Waals surface area contributed by atoms with Crippen LogP contribution in [0.5, 0.6) is 0 Å². The number of rotatable bonds is 4. The van der Waals surface area contributed by atoms with Gasteiger partial charge in [0.25, 0.3) is 0 Å². The van der Waals surface area contributed by atoms with E-state index in [1.165, 1.54) is 5.06 Å². The van der Waals surface area contributed by atoms with Gasteiger partial charge in [0.05, 0.1) is 0 Å². The van der Waals surface area contributed by atoms with E-state index in [0.717, 1.165) is 16.7 Å². The number of hydroxylamine groups is 2. The second-order valence-electron chi connectivity index (χ2n) is 6.17. The van der Waals surface area contributed by atoms with Crippen LogP contribution >= 0.6 is 11.6 Å². The van der Waals surface area contributed by atoms with Gasteiger partial charge in [0.2, 0.25) is 11.9 Å². The number of guanidine groups is 2. The van der Waals surface area contributed by atoms with Gasteiger partial charge < -0.3 is 11.5 Å². The molecule has 0 amide bonds. The van der Waals surface area contributed by atoms with E-state index in [2.05, 4.69) is 9.98 Å². The van der Waals surface area contributed by atoms with Crippen molar-refractivity contribution in [3.8, 4) is 11.1 Å². The van der Waals surface area contributed by atoms with Gasteiger partial charge in [-0.25, -0.2) is 4.99 Å². The van der Waals surface area contributed by atoms with Crippen LogP contribution in [0.1, 0.15) is 19.4 Å². The molecule has 0 saturated carbocycles. The number of hydrogen-bond donors (Lipinski definition) is 2. The molecular formula is C18H20ClN5O. The van der Waals surface area contributed by atoms with Gasteiger partial charge in [-0.2, -0.15) is 10.1 Å². The van der Waals surface area contributed by atoms with E-state index >= 15 is 0 Å². The molecule has 0 saturated heterocycles. The Kier molecular flexibility index (Phi) is 4.65. The van der Waals surface area contributed by atoms with E-state index in [9.17, 15) is 0 Å². The third-order valence-electron chi connectivity index (χ3n) is 3.82. The molecule has 1 aliphatic heterocycles. The summed E-state index contributed by atoms with van der Waals surface area (Å²) in [6, 6.07) is 15.9. The van der Waals surface area contributed by atoms with E-state index in [0.29, 0.717) is 5.02 Å². The Hall–Kier alpha value is -2.57. The second-order valence-corrected chi connectivity index (χ2v) is 6.58. The molecule has 0 spiro atoms. The third-order valence-corrected chi connectivity index (χ3v) is 4.19. The second kappa shape index (κ2) is 6.74. The van der Waals surface area contributed by atoms with Crippen LogP contribution in [0.25, 0.3) is 11.1 Å². The van der Waals surface area contributed by atoms with Crippen LogP contribution in [0.15, 0.2) is 58.5 Å². The fraction of sp³-hybridized carbons (Fsp3) is 0.222. The smallest absolute Gasteiger partial charge is 0.226 e. The van der Waals surface area contributed by atoms with Gasteiger partial charge in [0.1, 0.15) is 6.61 Å². The molecule has 1 aliphatic rings. The van der Waals surface area contributed by atoms with E-state index in [1.807, 2.05) is 62.4 Å². The van der Waals surface area contributed by atoms with E-state index in [-0.39, 0.29) is 18.5 Å². The molecule has 4 N–H and O–H groups in total. The first-order valence-corrected chi connectivity index (χ1v) is 8.21. The highest BCUT2D eigenvalue weighted by molar-refractivity contribution is 6.31. The molecule has 7 heteroatoms. The van der Waals surface area contributed by atoms with Crippen molar-refractivity contribution in [3.63, 3.8) is 0 Å². The zero-order valence-corrected chi connectivity index (χ0v) is 14.9. The van der Waals surface area contributed by atoms with Crippen LogP contribution in [0.4, 0.5) is 0 Å². The molecule has 2 aromatic carbocycles. The normalized spacial score (nSPS) is 16.4. The van der Waals surface area contributed by atoms with Gasteiger partial charge in [-0.05, 0) is 42.7 Å². The molecule has 0 bridgehead atoms. The van der Waals surface area contributed by atoms with Crippen LogP contribution < -0.4 is 11.5 Å². The Labute approximate surface area is 151 Å². The summed E-state index contributed by atoms with van der Waals surface area (Å²) in [7, 11) is 0. The summed E-state index contributed by atoms with van der Waals surface area (Å²) in [6.07, 6.45) is 0. The van der Waals surface area contributed by atoms with E-state index in [1.54, 1.807) is 0 Å². The fourth-order valence-electron chi connectivity index (χ4n) is 2.65. The molecule has 0 aliphatic carbocycles. The topological polar surface area (TPSA) is 89.2 Å². The highest BCUT2D eigenvalue weighted by Crippen LogP contribution is 2.27. The van der Waals surface area contributed by atoms with Gasteiger partial charge in [0, 0.05) is 5.02 Å². The quantitative estimate of drug-likeness (QED) is 0.879. The number of nitrogens with two attached hydrogens (primary N) is 2. The zero-order chi connectivity index (χ0) is 18.0. The molecule has 1 heterocycles. The van der Waals surface area contributed by atoms with Crippen molar-refractivity contribution in [2.75, 3.05) is 0 Å². The Morgan fingerprint density at radius 3 is 2.48 bits per heavy atom. The average Bonchev–Trinajstić information content (AvgIpc) is 2.55. The number of hydrogen-bond acceptors (Lipinski definition) is 6. The number of halogens is 1. The minimum absolute atomic E-state index is 0.131. The lowest BCUT2D eigenvalue weighted by Crippen LogP contribution is -2.53. The standard InChI is InChI=1S/C18H20ClN5O/c1-18(2)23-16(20)22-17(21)24(18)25-11-14-10-13(8-9-15(14)19)12-6-4-3-5-7-12/h3-10H,11H2,1-2H3,(H4,20,21,22,23). The van der Waals surface area contributed by atoms with Crippen LogP contribution in [-0.2, 0) is 11.4 Å². The Morgan fingerprint density at radius 2 is 1.80 bits per heavy atom. The average molecular weight is 358 g/mol. The van der Waals surface area contributed by atoms with Crippen LogP contribution in [0, 0.1) is 0 Å². The van der Waals surface area contributed by atoms with Crippen LogP contribution in [0.2, 0.25) is 5.02 Å². The Morgan fingerprint density at radius 1 is 1.08 bits per heavy atom.